The fraction of sp³-hybridized carbons (Fsp3) is 0. The van der Waals surface area contributed by atoms with Crippen molar-refractivity contribution in [3.63, 3.8) is 0 Å². The minimum atomic E-state index is -0.110. The van der Waals surface area contributed by atoms with Crippen molar-refractivity contribution in [3.8, 4) is 11.3 Å². The van der Waals surface area contributed by atoms with E-state index >= 15 is 0 Å². The number of hydrogen-bond acceptors (Lipinski definition) is 2. The van der Waals surface area contributed by atoms with Gasteiger partial charge in [0.05, 0.1) is 11.3 Å². The Kier molecular flexibility index (Phi) is 1.92. The van der Waals surface area contributed by atoms with Crippen LogP contribution in [0.1, 0.15) is 0 Å². The van der Waals surface area contributed by atoms with Gasteiger partial charge in [-0.05, 0) is 24.3 Å². The van der Waals surface area contributed by atoms with Crippen LogP contribution < -0.4 is 5.56 Å². The molecule has 0 saturated carbocycles. The molecule has 0 aliphatic carbocycles. The molecule has 0 fully saturated rings. The molecule has 2 rings (SSSR count). The van der Waals surface area contributed by atoms with Gasteiger partial charge < -0.3 is 4.98 Å². The van der Waals surface area contributed by atoms with E-state index in [1.54, 1.807) is 24.5 Å². The highest BCUT2D eigenvalue weighted by molar-refractivity contribution is 5.56. The van der Waals surface area contributed by atoms with E-state index in [-0.39, 0.29) is 5.56 Å². The lowest BCUT2D eigenvalue weighted by Crippen LogP contribution is -2.07. The first-order chi connectivity index (χ1) is 6.38. The topological polar surface area (TPSA) is 45.8 Å². The Morgan fingerprint density at radius 3 is 2.77 bits per heavy atom. The summed E-state index contributed by atoms with van der Waals surface area (Å²) in [6.45, 7) is 0. The number of rotatable bonds is 1. The van der Waals surface area contributed by atoms with Crippen molar-refractivity contribution in [2.24, 2.45) is 0 Å². The van der Waals surface area contributed by atoms with Crippen LogP contribution in [0, 0.1) is 0 Å². The molecule has 0 bridgehead atoms. The average Bonchev–Trinajstić information content (AvgIpc) is 2.20. The molecule has 64 valence electrons. The molecule has 0 amide bonds. The van der Waals surface area contributed by atoms with Gasteiger partial charge >= 0.3 is 0 Å². The number of H-pyrrole nitrogens is 1. The van der Waals surface area contributed by atoms with Crippen molar-refractivity contribution < 1.29 is 0 Å². The number of aromatic amines is 1. The fourth-order valence-corrected chi connectivity index (χ4v) is 1.15. The molecule has 0 aliphatic heterocycles. The van der Waals surface area contributed by atoms with Gasteiger partial charge in [0.1, 0.15) is 0 Å². The minimum Gasteiger partial charge on any atom is -0.329 e. The zero-order valence-electron chi connectivity index (χ0n) is 6.90. The highest BCUT2D eigenvalue weighted by Gasteiger charge is 2.00. The molecule has 3 nitrogen and oxygen atoms in total. The van der Waals surface area contributed by atoms with Crippen LogP contribution in [-0.4, -0.2) is 9.97 Å². The molecule has 0 aliphatic rings. The van der Waals surface area contributed by atoms with Crippen molar-refractivity contribution in [3.05, 3.63) is 53.1 Å². The predicted octanol–water partition coefficient (Wildman–Crippen LogP) is 1.44. The predicted molar refractivity (Wildman–Crippen MR) is 50.3 cm³/mol. The highest BCUT2D eigenvalue weighted by Crippen LogP contribution is 2.08. The summed E-state index contributed by atoms with van der Waals surface area (Å²) in [4.78, 5) is 18.0. The van der Waals surface area contributed by atoms with Gasteiger partial charge in [0, 0.05) is 12.4 Å². The molecule has 0 aromatic carbocycles. The first-order valence-corrected chi connectivity index (χ1v) is 3.97. The van der Waals surface area contributed by atoms with Crippen molar-refractivity contribution in [1.29, 1.82) is 0 Å². The molecule has 0 unspecified atom stereocenters. The molecule has 0 spiro atoms. The van der Waals surface area contributed by atoms with Crippen molar-refractivity contribution in [2.75, 3.05) is 0 Å². The molecule has 2 aromatic heterocycles. The van der Waals surface area contributed by atoms with Crippen LogP contribution in [0.15, 0.2) is 47.5 Å². The Morgan fingerprint density at radius 2 is 2.08 bits per heavy atom. The van der Waals surface area contributed by atoms with E-state index in [0.29, 0.717) is 11.3 Å². The van der Waals surface area contributed by atoms with E-state index in [2.05, 4.69) is 9.97 Å². The van der Waals surface area contributed by atoms with E-state index < -0.39 is 0 Å². The Balaban J connectivity index is 2.60. The van der Waals surface area contributed by atoms with E-state index in [9.17, 15) is 4.79 Å². The maximum absolute atomic E-state index is 11.3. The van der Waals surface area contributed by atoms with Crippen LogP contribution in [0.2, 0.25) is 0 Å². The van der Waals surface area contributed by atoms with Gasteiger partial charge in [-0.3, -0.25) is 9.78 Å². The largest absolute Gasteiger partial charge is 0.329 e. The van der Waals surface area contributed by atoms with Gasteiger partial charge in [-0.15, -0.1) is 0 Å². The van der Waals surface area contributed by atoms with Crippen molar-refractivity contribution in [1.82, 2.24) is 9.97 Å². The van der Waals surface area contributed by atoms with Crippen LogP contribution in [-0.2, 0) is 0 Å². The summed E-state index contributed by atoms with van der Waals surface area (Å²) < 4.78 is 0. The molecule has 3 heteroatoms. The zero-order valence-corrected chi connectivity index (χ0v) is 6.90. The molecule has 0 radical (unpaired) electrons. The summed E-state index contributed by atoms with van der Waals surface area (Å²) in [6, 6.07) is 9.02. The minimum absolute atomic E-state index is 0.110. The van der Waals surface area contributed by atoms with E-state index in [1.807, 2.05) is 18.2 Å². The molecule has 13 heavy (non-hydrogen) atoms. The van der Waals surface area contributed by atoms with E-state index in [0.717, 1.165) is 0 Å². The van der Waals surface area contributed by atoms with Crippen LogP contribution in [0.3, 0.4) is 0 Å². The van der Waals surface area contributed by atoms with Crippen molar-refractivity contribution >= 4 is 0 Å². The van der Waals surface area contributed by atoms with Crippen LogP contribution >= 0.6 is 0 Å². The molecular weight excluding hydrogens is 164 g/mol. The maximum Gasteiger partial charge on any atom is 0.257 e. The Labute approximate surface area is 75.1 Å². The van der Waals surface area contributed by atoms with Crippen LogP contribution in [0.4, 0.5) is 0 Å². The second kappa shape index (κ2) is 3.23. The molecular formula is C10H8N2O. The third-order valence-corrected chi connectivity index (χ3v) is 1.76. The highest BCUT2D eigenvalue weighted by atomic mass is 16.1. The summed E-state index contributed by atoms with van der Waals surface area (Å²) >= 11 is 0. The number of aromatic nitrogens is 2. The summed E-state index contributed by atoms with van der Waals surface area (Å²) in [6.07, 6.45) is 3.27. The fourth-order valence-electron chi connectivity index (χ4n) is 1.15. The second-order valence-corrected chi connectivity index (χ2v) is 2.63. The number of nitrogens with one attached hydrogen (secondary N) is 1. The first-order valence-electron chi connectivity index (χ1n) is 3.97. The van der Waals surface area contributed by atoms with E-state index in [4.69, 9.17) is 0 Å². The summed E-state index contributed by atoms with van der Waals surface area (Å²) in [5.41, 5.74) is 1.19. The van der Waals surface area contributed by atoms with Gasteiger partial charge in [-0.1, -0.05) is 6.07 Å². The Bertz CT molecular complexity index is 448. The van der Waals surface area contributed by atoms with Crippen LogP contribution in [0.25, 0.3) is 11.3 Å². The molecule has 0 saturated heterocycles. The quantitative estimate of drug-likeness (QED) is 0.707. The molecule has 2 aromatic rings. The summed E-state index contributed by atoms with van der Waals surface area (Å²) in [7, 11) is 0. The zero-order chi connectivity index (χ0) is 9.10. The number of hydrogen-bond donors (Lipinski definition) is 1. The number of pyridine rings is 2. The maximum atomic E-state index is 11.3. The number of nitrogens with zero attached hydrogens (tertiary/aromatic N) is 1. The van der Waals surface area contributed by atoms with Crippen molar-refractivity contribution in [2.45, 2.75) is 0 Å². The van der Waals surface area contributed by atoms with Gasteiger partial charge in [0.25, 0.3) is 5.56 Å². The lowest BCUT2D eigenvalue weighted by molar-refractivity contribution is 1.21. The average molecular weight is 172 g/mol. The van der Waals surface area contributed by atoms with Gasteiger partial charge in [-0.2, -0.15) is 0 Å². The lowest BCUT2D eigenvalue weighted by atomic mass is 10.2. The standard InChI is InChI=1S/C10H8N2O/c13-10-8(4-3-7-12-10)9-5-1-2-6-11-9/h1-7H,(H,12,13). The summed E-state index contributed by atoms with van der Waals surface area (Å²) in [5, 5.41) is 0. The SMILES string of the molecule is O=c1[nH]cccc1-c1ccccn1. The van der Waals surface area contributed by atoms with Gasteiger partial charge in [-0.25, -0.2) is 0 Å². The van der Waals surface area contributed by atoms with Gasteiger partial charge in [0.15, 0.2) is 0 Å². The Hall–Kier alpha value is -1.90. The Morgan fingerprint density at radius 1 is 1.15 bits per heavy atom. The molecule has 0 atom stereocenters. The van der Waals surface area contributed by atoms with Crippen LogP contribution in [0.5, 0.6) is 0 Å². The molecule has 2 heterocycles. The van der Waals surface area contributed by atoms with E-state index in [1.165, 1.54) is 0 Å². The third-order valence-electron chi connectivity index (χ3n) is 1.76. The lowest BCUT2D eigenvalue weighted by Gasteiger charge is -1.96. The monoisotopic (exact) mass is 172 g/mol. The first kappa shape index (κ1) is 7.73. The van der Waals surface area contributed by atoms with Gasteiger partial charge in [0.2, 0.25) is 0 Å². The second-order valence-electron chi connectivity index (χ2n) is 2.63. The molecule has 1 N–H and O–H groups in total. The summed E-state index contributed by atoms with van der Waals surface area (Å²) in [5.74, 6) is 0. The third kappa shape index (κ3) is 1.49. The normalized spacial score (nSPS) is 9.85. The smallest absolute Gasteiger partial charge is 0.257 e.